The third-order valence-electron chi connectivity index (χ3n) is 3.27. The summed E-state index contributed by atoms with van der Waals surface area (Å²) >= 11 is 1.43. The van der Waals surface area contributed by atoms with Crippen molar-refractivity contribution >= 4 is 29.3 Å². The van der Waals surface area contributed by atoms with E-state index in [0.29, 0.717) is 17.7 Å². The van der Waals surface area contributed by atoms with E-state index in [0.717, 1.165) is 28.5 Å². The van der Waals surface area contributed by atoms with Crippen molar-refractivity contribution in [2.24, 2.45) is 10.2 Å². The second-order valence-electron chi connectivity index (χ2n) is 4.92. The van der Waals surface area contributed by atoms with Gasteiger partial charge in [-0.2, -0.15) is 15.3 Å². The van der Waals surface area contributed by atoms with Crippen molar-refractivity contribution in [3.05, 3.63) is 40.7 Å². The molecule has 7 nitrogen and oxygen atoms in total. The molecular weight excluding hydrogens is 312 g/mol. The molecule has 1 N–H and O–H groups in total. The lowest BCUT2D eigenvalue weighted by Crippen LogP contribution is -2.16. The predicted octanol–water partition coefficient (Wildman–Crippen LogP) is 1.85. The summed E-state index contributed by atoms with van der Waals surface area (Å²) in [6.07, 6.45) is 4.78. The van der Waals surface area contributed by atoms with Gasteiger partial charge in [0.05, 0.1) is 11.9 Å². The molecule has 2 heterocycles. The summed E-state index contributed by atoms with van der Waals surface area (Å²) in [5.41, 5.74) is 1.99. The molecular formula is C15H20N6OS. The van der Waals surface area contributed by atoms with Gasteiger partial charge in [-0.3, -0.25) is 14.9 Å². The Morgan fingerprint density at radius 2 is 2.35 bits per heavy atom. The average molecular weight is 332 g/mol. The molecule has 0 saturated heterocycles. The van der Waals surface area contributed by atoms with E-state index in [2.05, 4.69) is 27.0 Å². The number of thioether (sulfide) groups is 1. The van der Waals surface area contributed by atoms with Gasteiger partial charge in [0.2, 0.25) is 0 Å². The Kier molecular flexibility index (Phi) is 5.75. The third-order valence-corrected chi connectivity index (χ3v) is 4.20. The second-order valence-corrected chi connectivity index (χ2v) is 6.09. The molecule has 23 heavy (non-hydrogen) atoms. The fourth-order valence-electron chi connectivity index (χ4n) is 1.89. The Bertz CT molecular complexity index is 662. The molecule has 0 fully saturated rings. The van der Waals surface area contributed by atoms with E-state index in [4.69, 9.17) is 0 Å². The van der Waals surface area contributed by atoms with Crippen LogP contribution in [0.25, 0.3) is 0 Å². The number of H-pyrrole nitrogens is 1. The Morgan fingerprint density at radius 3 is 2.96 bits per heavy atom. The first-order chi connectivity index (χ1) is 11.0. The molecule has 0 radical (unpaired) electrons. The normalized spacial score (nSPS) is 15.9. The van der Waals surface area contributed by atoms with Gasteiger partial charge in [0.1, 0.15) is 10.7 Å². The molecule has 0 aromatic carbocycles. The largest absolute Gasteiger partial charge is 0.300 e. The van der Waals surface area contributed by atoms with Crippen molar-refractivity contribution in [1.82, 2.24) is 20.2 Å². The number of likely N-dealkylation sites (N-methyl/N-ethyl adjacent to an activating group) is 1. The molecule has 0 saturated carbocycles. The second kappa shape index (κ2) is 7.77. The molecule has 8 heteroatoms. The van der Waals surface area contributed by atoms with Crippen LogP contribution in [0.4, 0.5) is 0 Å². The highest BCUT2D eigenvalue weighted by atomic mass is 32.2. The highest BCUT2D eigenvalue weighted by Gasteiger charge is 2.20. The number of hydrazone groups is 2. The molecule has 0 unspecified atom stereocenters. The first kappa shape index (κ1) is 17.0. The molecule has 0 aliphatic carbocycles. The van der Waals surface area contributed by atoms with Crippen molar-refractivity contribution in [3.8, 4) is 0 Å². The molecule has 122 valence electrons. The van der Waals surface area contributed by atoms with Gasteiger partial charge < -0.3 is 5.01 Å². The van der Waals surface area contributed by atoms with E-state index in [1.54, 1.807) is 29.5 Å². The Morgan fingerprint density at radius 1 is 1.57 bits per heavy atom. The van der Waals surface area contributed by atoms with Crippen LogP contribution in [0.15, 0.2) is 45.2 Å². The smallest absolute Gasteiger partial charge is 0.168 e. The maximum Gasteiger partial charge on any atom is 0.168 e. The molecule has 1 aromatic rings. The Labute approximate surface area is 139 Å². The van der Waals surface area contributed by atoms with Crippen LogP contribution in [0.2, 0.25) is 0 Å². The average Bonchev–Trinajstić information content (AvgIpc) is 2.99. The lowest BCUT2D eigenvalue weighted by molar-refractivity contribution is -0.106. The lowest BCUT2D eigenvalue weighted by atomic mass is 10.2. The summed E-state index contributed by atoms with van der Waals surface area (Å²) in [4.78, 5) is 12.2. The number of allylic oxidation sites excluding steroid dienone is 2. The fraction of sp³-hybridized carbons (Fsp3) is 0.333. The van der Waals surface area contributed by atoms with Crippen molar-refractivity contribution in [3.63, 3.8) is 0 Å². The number of aromatic amines is 1. The summed E-state index contributed by atoms with van der Waals surface area (Å²) in [7, 11) is 3.61. The quantitative estimate of drug-likeness (QED) is 0.489. The molecule has 1 aliphatic rings. The van der Waals surface area contributed by atoms with Crippen molar-refractivity contribution in [2.75, 3.05) is 20.6 Å². The molecule has 0 spiro atoms. The topological polar surface area (TPSA) is 77.0 Å². The van der Waals surface area contributed by atoms with Crippen LogP contribution in [0, 0.1) is 0 Å². The number of aldehydes is 1. The van der Waals surface area contributed by atoms with Crippen molar-refractivity contribution in [1.29, 1.82) is 0 Å². The van der Waals surface area contributed by atoms with Crippen LogP contribution in [0.5, 0.6) is 0 Å². The number of carbonyl (C=O) groups excluding carboxylic acids is 1. The number of hydrogen-bond donors (Lipinski definition) is 1. The van der Waals surface area contributed by atoms with Crippen molar-refractivity contribution in [2.45, 2.75) is 13.3 Å². The van der Waals surface area contributed by atoms with Gasteiger partial charge in [0, 0.05) is 43.7 Å². The summed E-state index contributed by atoms with van der Waals surface area (Å²) in [5.74, 6) is 0. The summed E-state index contributed by atoms with van der Waals surface area (Å²) < 4.78 is 0. The van der Waals surface area contributed by atoms with Gasteiger partial charge in [-0.05, 0) is 13.0 Å². The summed E-state index contributed by atoms with van der Waals surface area (Å²) in [5, 5.41) is 19.9. The standard InChI is InChI=1S/C15H20N6OS/c1-5-20(3)17-9-13-11(2)23-15(8-12-6-7-16-18-12)19-21(4)14(13)10-22/h6-7,9-10H,2,5,8H2,1,3-4H3,(H,16,18)/b17-9-. The number of aromatic nitrogens is 2. The highest BCUT2D eigenvalue weighted by molar-refractivity contribution is 8.17. The van der Waals surface area contributed by atoms with E-state index in [1.807, 2.05) is 20.0 Å². The lowest BCUT2D eigenvalue weighted by Gasteiger charge is -2.14. The maximum absolute atomic E-state index is 11.5. The molecule has 0 atom stereocenters. The van der Waals surface area contributed by atoms with Gasteiger partial charge in [-0.25, -0.2) is 0 Å². The summed E-state index contributed by atoms with van der Waals surface area (Å²) in [6.45, 7) is 6.85. The van der Waals surface area contributed by atoms with Crippen LogP contribution in [0.3, 0.4) is 0 Å². The van der Waals surface area contributed by atoms with Gasteiger partial charge in [0.15, 0.2) is 6.29 Å². The number of carbonyl (C=O) groups is 1. The molecule has 0 amide bonds. The summed E-state index contributed by atoms with van der Waals surface area (Å²) in [6, 6.07) is 1.89. The number of hydrogen-bond acceptors (Lipinski definition) is 7. The van der Waals surface area contributed by atoms with Gasteiger partial charge in [-0.1, -0.05) is 18.3 Å². The SMILES string of the molecule is C=C1SC(Cc2cc[nH]n2)=NN(C)C(C=O)=C1/C=N\N(C)CC. The van der Waals surface area contributed by atoms with Crippen LogP contribution < -0.4 is 0 Å². The molecule has 1 aromatic heterocycles. The molecule has 0 bridgehead atoms. The van der Waals surface area contributed by atoms with Gasteiger partial charge in [0.25, 0.3) is 0 Å². The Hall–Kier alpha value is -2.35. The van der Waals surface area contributed by atoms with E-state index in [1.165, 1.54) is 11.8 Å². The van der Waals surface area contributed by atoms with Crippen LogP contribution in [0.1, 0.15) is 12.6 Å². The van der Waals surface area contributed by atoms with Gasteiger partial charge in [-0.15, -0.1) is 0 Å². The number of rotatable bonds is 6. The van der Waals surface area contributed by atoms with Crippen LogP contribution in [-0.2, 0) is 11.2 Å². The predicted molar refractivity (Wildman–Crippen MR) is 94.1 cm³/mol. The van der Waals surface area contributed by atoms with E-state index in [-0.39, 0.29) is 0 Å². The monoisotopic (exact) mass is 332 g/mol. The third kappa shape index (κ3) is 4.32. The molecule has 1 aliphatic heterocycles. The minimum absolute atomic E-state index is 0.438. The number of nitrogens with one attached hydrogen (secondary N) is 1. The number of nitrogens with zero attached hydrogens (tertiary/aromatic N) is 5. The zero-order valence-electron chi connectivity index (χ0n) is 13.5. The Balaban J connectivity index is 2.27. The first-order valence-corrected chi connectivity index (χ1v) is 7.98. The van der Waals surface area contributed by atoms with Gasteiger partial charge >= 0.3 is 0 Å². The highest BCUT2D eigenvalue weighted by Crippen LogP contribution is 2.30. The minimum Gasteiger partial charge on any atom is -0.300 e. The zero-order valence-corrected chi connectivity index (χ0v) is 14.3. The van der Waals surface area contributed by atoms with Crippen molar-refractivity contribution < 1.29 is 4.79 Å². The van der Waals surface area contributed by atoms with E-state index < -0.39 is 0 Å². The maximum atomic E-state index is 11.5. The van der Waals surface area contributed by atoms with E-state index in [9.17, 15) is 4.79 Å². The minimum atomic E-state index is 0.438. The molecule has 2 rings (SSSR count). The first-order valence-electron chi connectivity index (χ1n) is 7.16. The van der Waals surface area contributed by atoms with Crippen LogP contribution in [-0.4, -0.2) is 58.4 Å². The van der Waals surface area contributed by atoms with Crippen LogP contribution >= 0.6 is 11.8 Å². The fourth-order valence-corrected chi connectivity index (χ4v) is 2.82. The van der Waals surface area contributed by atoms with E-state index >= 15 is 0 Å². The zero-order chi connectivity index (χ0) is 16.8.